The van der Waals surface area contributed by atoms with Crippen LogP contribution in [0.4, 0.5) is 0 Å². The molecule has 0 aromatic heterocycles. The molecule has 0 bridgehead atoms. The molecule has 1 amide bonds. The Hall–Kier alpha value is -0.570. The van der Waals surface area contributed by atoms with Crippen LogP contribution in [-0.4, -0.2) is 18.5 Å². The molecule has 3 N–H and O–H groups in total. The van der Waals surface area contributed by atoms with E-state index < -0.39 is 0 Å². The molecule has 0 aromatic rings. The van der Waals surface area contributed by atoms with Gasteiger partial charge >= 0.3 is 0 Å². The minimum absolute atomic E-state index is 0.0125. The molecular formula is C7H14N2O. The molecule has 58 valence electrons. The summed E-state index contributed by atoms with van der Waals surface area (Å²) in [5.74, 6) is 0.385. The van der Waals surface area contributed by atoms with Crippen LogP contribution in [0.1, 0.15) is 19.8 Å². The average Bonchev–Trinajstić information content (AvgIpc) is 2.20. The van der Waals surface area contributed by atoms with E-state index in [4.69, 9.17) is 5.73 Å². The van der Waals surface area contributed by atoms with Crippen LogP contribution < -0.4 is 11.1 Å². The molecule has 0 spiro atoms. The topological polar surface area (TPSA) is 55.1 Å². The highest BCUT2D eigenvalue weighted by Crippen LogP contribution is 2.13. The minimum Gasteiger partial charge on any atom is -0.354 e. The van der Waals surface area contributed by atoms with Gasteiger partial charge in [-0.25, -0.2) is 0 Å². The molecule has 0 aromatic carbocycles. The van der Waals surface area contributed by atoms with Crippen molar-refractivity contribution in [3.63, 3.8) is 0 Å². The van der Waals surface area contributed by atoms with Gasteiger partial charge in [-0.2, -0.15) is 0 Å². The lowest BCUT2D eigenvalue weighted by molar-refractivity contribution is -0.120. The SMILES string of the molecule is CCC[C@@H]1CNC(=O)[C@@H]1N. The van der Waals surface area contributed by atoms with Gasteiger partial charge in [0.15, 0.2) is 0 Å². The lowest BCUT2D eigenvalue weighted by atomic mass is 9.99. The van der Waals surface area contributed by atoms with Gasteiger partial charge in [0.25, 0.3) is 0 Å². The van der Waals surface area contributed by atoms with E-state index in [9.17, 15) is 4.79 Å². The maximum atomic E-state index is 10.8. The van der Waals surface area contributed by atoms with Crippen LogP contribution in [0.25, 0.3) is 0 Å². The molecule has 0 saturated carbocycles. The van der Waals surface area contributed by atoms with Crippen molar-refractivity contribution in [1.82, 2.24) is 5.32 Å². The van der Waals surface area contributed by atoms with Crippen LogP contribution in [-0.2, 0) is 4.79 Å². The molecule has 3 nitrogen and oxygen atoms in total. The smallest absolute Gasteiger partial charge is 0.237 e. The molecular weight excluding hydrogens is 128 g/mol. The molecule has 0 unspecified atom stereocenters. The second-order valence-electron chi connectivity index (χ2n) is 2.82. The second kappa shape index (κ2) is 3.01. The third-order valence-electron chi connectivity index (χ3n) is 2.01. The van der Waals surface area contributed by atoms with Crippen LogP contribution in [0.3, 0.4) is 0 Å². The highest BCUT2D eigenvalue weighted by atomic mass is 16.2. The van der Waals surface area contributed by atoms with Gasteiger partial charge in [-0.1, -0.05) is 13.3 Å². The van der Waals surface area contributed by atoms with Crippen LogP contribution in [0.15, 0.2) is 0 Å². The highest BCUT2D eigenvalue weighted by Gasteiger charge is 2.29. The van der Waals surface area contributed by atoms with E-state index in [0.717, 1.165) is 19.4 Å². The van der Waals surface area contributed by atoms with E-state index in [0.29, 0.717) is 5.92 Å². The Balaban J connectivity index is 2.41. The van der Waals surface area contributed by atoms with E-state index in [-0.39, 0.29) is 11.9 Å². The van der Waals surface area contributed by atoms with Crippen molar-refractivity contribution < 1.29 is 4.79 Å². The summed E-state index contributed by atoms with van der Waals surface area (Å²) in [7, 11) is 0. The zero-order valence-corrected chi connectivity index (χ0v) is 6.26. The number of rotatable bonds is 2. The molecule has 1 saturated heterocycles. The summed E-state index contributed by atoms with van der Waals surface area (Å²) in [6, 6.07) is -0.250. The summed E-state index contributed by atoms with van der Waals surface area (Å²) in [5, 5.41) is 2.74. The summed E-state index contributed by atoms with van der Waals surface area (Å²) < 4.78 is 0. The predicted octanol–water partition coefficient (Wildman–Crippen LogP) is -0.140. The van der Waals surface area contributed by atoms with Gasteiger partial charge in [0.2, 0.25) is 5.91 Å². The van der Waals surface area contributed by atoms with E-state index in [1.807, 2.05) is 0 Å². The Labute approximate surface area is 61.0 Å². The number of nitrogens with two attached hydrogens (primary N) is 1. The van der Waals surface area contributed by atoms with Crippen molar-refractivity contribution in [2.75, 3.05) is 6.54 Å². The summed E-state index contributed by atoms with van der Waals surface area (Å²) in [4.78, 5) is 10.8. The van der Waals surface area contributed by atoms with Crippen LogP contribution in [0, 0.1) is 5.92 Å². The van der Waals surface area contributed by atoms with Gasteiger partial charge in [-0.3, -0.25) is 4.79 Å². The molecule has 3 heteroatoms. The van der Waals surface area contributed by atoms with Crippen LogP contribution in [0.2, 0.25) is 0 Å². The summed E-state index contributed by atoms with van der Waals surface area (Å²) in [6.07, 6.45) is 2.16. The first-order valence-corrected chi connectivity index (χ1v) is 3.79. The van der Waals surface area contributed by atoms with Gasteiger partial charge in [0, 0.05) is 12.5 Å². The summed E-state index contributed by atoms with van der Waals surface area (Å²) in [6.45, 7) is 2.88. The Morgan fingerprint density at radius 1 is 1.80 bits per heavy atom. The van der Waals surface area contributed by atoms with Crippen molar-refractivity contribution in [3.8, 4) is 0 Å². The first-order chi connectivity index (χ1) is 4.75. The zero-order valence-electron chi connectivity index (χ0n) is 6.26. The maximum absolute atomic E-state index is 10.8. The summed E-state index contributed by atoms with van der Waals surface area (Å²) >= 11 is 0. The number of hydrogen-bond acceptors (Lipinski definition) is 2. The fraction of sp³-hybridized carbons (Fsp3) is 0.857. The second-order valence-corrected chi connectivity index (χ2v) is 2.82. The van der Waals surface area contributed by atoms with Gasteiger partial charge in [-0.05, 0) is 6.42 Å². The quantitative estimate of drug-likeness (QED) is 0.564. The molecule has 1 heterocycles. The highest BCUT2D eigenvalue weighted by molar-refractivity contribution is 5.84. The standard InChI is InChI=1S/C7H14N2O/c1-2-3-5-4-9-7(10)6(5)8/h5-6H,2-4,8H2,1H3,(H,9,10)/t5-,6-/m1/s1. The normalized spacial score (nSPS) is 32.4. The fourth-order valence-corrected chi connectivity index (χ4v) is 1.34. The van der Waals surface area contributed by atoms with Gasteiger partial charge in [0.05, 0.1) is 6.04 Å². The molecule has 1 rings (SSSR count). The molecule has 2 atom stereocenters. The van der Waals surface area contributed by atoms with Crippen molar-refractivity contribution in [1.29, 1.82) is 0 Å². The lowest BCUT2D eigenvalue weighted by Crippen LogP contribution is -2.33. The van der Waals surface area contributed by atoms with Crippen LogP contribution in [0.5, 0.6) is 0 Å². The first-order valence-electron chi connectivity index (χ1n) is 3.79. The number of carbonyl (C=O) groups is 1. The lowest BCUT2D eigenvalue weighted by Gasteiger charge is -2.09. The Kier molecular flexibility index (Phi) is 2.27. The predicted molar refractivity (Wildman–Crippen MR) is 39.4 cm³/mol. The number of carbonyl (C=O) groups excluding carboxylic acids is 1. The Morgan fingerprint density at radius 3 is 2.90 bits per heavy atom. The molecule has 1 fully saturated rings. The minimum atomic E-state index is -0.250. The molecule has 1 aliphatic rings. The van der Waals surface area contributed by atoms with Gasteiger partial charge in [-0.15, -0.1) is 0 Å². The molecule has 10 heavy (non-hydrogen) atoms. The van der Waals surface area contributed by atoms with E-state index in [1.54, 1.807) is 0 Å². The number of hydrogen-bond donors (Lipinski definition) is 2. The van der Waals surface area contributed by atoms with Crippen molar-refractivity contribution in [2.45, 2.75) is 25.8 Å². The van der Waals surface area contributed by atoms with E-state index in [2.05, 4.69) is 12.2 Å². The average molecular weight is 142 g/mol. The van der Waals surface area contributed by atoms with Crippen LogP contribution >= 0.6 is 0 Å². The monoisotopic (exact) mass is 142 g/mol. The third kappa shape index (κ3) is 1.29. The maximum Gasteiger partial charge on any atom is 0.237 e. The molecule has 0 aliphatic carbocycles. The third-order valence-corrected chi connectivity index (χ3v) is 2.01. The molecule has 0 radical (unpaired) electrons. The van der Waals surface area contributed by atoms with Crippen molar-refractivity contribution in [2.24, 2.45) is 11.7 Å². The van der Waals surface area contributed by atoms with Crippen molar-refractivity contribution in [3.05, 3.63) is 0 Å². The van der Waals surface area contributed by atoms with E-state index in [1.165, 1.54) is 0 Å². The number of nitrogens with one attached hydrogen (secondary N) is 1. The fourth-order valence-electron chi connectivity index (χ4n) is 1.34. The van der Waals surface area contributed by atoms with Crippen molar-refractivity contribution >= 4 is 5.91 Å². The molecule has 1 aliphatic heterocycles. The van der Waals surface area contributed by atoms with Gasteiger partial charge < -0.3 is 11.1 Å². The Morgan fingerprint density at radius 2 is 2.50 bits per heavy atom. The summed E-state index contributed by atoms with van der Waals surface area (Å²) in [5.41, 5.74) is 5.60. The van der Waals surface area contributed by atoms with E-state index >= 15 is 0 Å². The number of amides is 1. The van der Waals surface area contributed by atoms with Gasteiger partial charge in [0.1, 0.15) is 0 Å². The Bertz CT molecular complexity index is 136. The first kappa shape index (κ1) is 7.54. The zero-order chi connectivity index (χ0) is 7.56. The largest absolute Gasteiger partial charge is 0.354 e.